The number of nitrogens with zero attached hydrogens (tertiary/aromatic N) is 1. The van der Waals surface area contributed by atoms with E-state index in [9.17, 15) is 0 Å². The molecule has 0 aromatic rings. The van der Waals surface area contributed by atoms with Crippen LogP contribution >= 0.6 is 12.4 Å². The van der Waals surface area contributed by atoms with E-state index in [1.807, 2.05) is 0 Å². The van der Waals surface area contributed by atoms with E-state index in [2.05, 4.69) is 32.7 Å². The van der Waals surface area contributed by atoms with Crippen LogP contribution in [-0.4, -0.2) is 47.1 Å². The van der Waals surface area contributed by atoms with Gasteiger partial charge in [0.25, 0.3) is 0 Å². The molecular weight excluding hydrogens is 182 g/mol. The predicted molar refractivity (Wildman–Crippen MR) is 60.3 cm³/mol. The summed E-state index contributed by atoms with van der Waals surface area (Å²) < 4.78 is 0. The first-order chi connectivity index (χ1) is 4.55. The zero-order valence-electron chi connectivity index (χ0n) is 10.8. The number of hydrogen-bond acceptors (Lipinski definition) is 1. The topological polar surface area (TPSA) is 3.24 Å². The van der Waals surface area contributed by atoms with E-state index in [1.165, 1.54) is 19.4 Å². The van der Waals surface area contributed by atoms with Gasteiger partial charge in [-0.15, -0.1) is 12.4 Å². The van der Waals surface area contributed by atoms with Crippen molar-refractivity contribution >= 4 is 35.5 Å². The Morgan fingerprint density at radius 2 is 1.92 bits per heavy atom. The number of rotatable bonds is 0. The van der Waals surface area contributed by atoms with Crippen LogP contribution in [0, 0.1) is 5.92 Å². The van der Waals surface area contributed by atoms with Crippen LogP contribution in [0.25, 0.3) is 0 Å². The van der Waals surface area contributed by atoms with Crippen LogP contribution < -0.4 is 0 Å². The summed E-state index contributed by atoms with van der Waals surface area (Å²) in [6, 6.07) is 0. The van der Waals surface area contributed by atoms with E-state index in [-0.39, 0.29) is 38.3 Å². The predicted octanol–water partition coefficient (Wildman–Crippen LogP) is 2.39. The van der Waals surface area contributed by atoms with Crippen molar-refractivity contribution < 1.29 is 2.85 Å². The zero-order valence-corrected chi connectivity index (χ0v) is 11.0. The first kappa shape index (κ1) is 15.5. The quantitative estimate of drug-likeness (QED) is 0.547. The Morgan fingerprint density at radius 3 is 2.25 bits per heavy atom. The van der Waals surface area contributed by atoms with Crippen molar-refractivity contribution in [1.29, 1.82) is 0 Å². The molecule has 1 aliphatic rings. The fourth-order valence-corrected chi connectivity index (χ4v) is 1.65. The smallest absolute Gasteiger partial charge is 1.00 e. The minimum Gasteiger partial charge on any atom is -1.00 e. The standard InChI is InChI=1S/C9H19N.ClH.Mg.2H/c1-8-6-5-7-10(4)9(8,2)3;;;;/h8H,5-7H2,1-4H3;1H;;;/q;;+2;2*-1. The Morgan fingerprint density at radius 1 is 1.42 bits per heavy atom. The molecule has 1 nitrogen and oxygen atoms in total. The molecule has 1 heterocycles. The molecule has 0 N–H and O–H groups in total. The van der Waals surface area contributed by atoms with Crippen molar-refractivity contribution in [3.05, 3.63) is 0 Å². The third-order valence-corrected chi connectivity index (χ3v) is 3.32. The summed E-state index contributed by atoms with van der Waals surface area (Å²) in [5.41, 5.74) is 0.429. The van der Waals surface area contributed by atoms with Crippen molar-refractivity contribution in [2.75, 3.05) is 13.6 Å². The van der Waals surface area contributed by atoms with Crippen LogP contribution in [0.4, 0.5) is 0 Å². The van der Waals surface area contributed by atoms with Gasteiger partial charge in [-0.25, -0.2) is 0 Å². The summed E-state index contributed by atoms with van der Waals surface area (Å²) in [5.74, 6) is 0.853. The van der Waals surface area contributed by atoms with Crippen LogP contribution in [0.1, 0.15) is 36.5 Å². The van der Waals surface area contributed by atoms with Gasteiger partial charge in [0, 0.05) is 5.54 Å². The van der Waals surface area contributed by atoms with Crippen molar-refractivity contribution in [2.24, 2.45) is 5.92 Å². The average molecular weight is 204 g/mol. The molecule has 0 bridgehead atoms. The van der Waals surface area contributed by atoms with E-state index < -0.39 is 0 Å². The van der Waals surface area contributed by atoms with Gasteiger partial charge in [-0.3, -0.25) is 0 Å². The second kappa shape index (κ2) is 5.68. The first-order valence-corrected chi connectivity index (χ1v) is 4.26. The van der Waals surface area contributed by atoms with Gasteiger partial charge < -0.3 is 7.75 Å². The molecule has 0 aliphatic carbocycles. The summed E-state index contributed by atoms with van der Waals surface area (Å²) >= 11 is 0. The van der Waals surface area contributed by atoms with Gasteiger partial charge in [0.1, 0.15) is 0 Å². The molecule has 0 spiro atoms. The maximum atomic E-state index is 2.47. The molecule has 72 valence electrons. The number of hydrogen-bond donors (Lipinski definition) is 0. The largest absolute Gasteiger partial charge is 2.00 e. The summed E-state index contributed by atoms with van der Waals surface area (Å²) in [4.78, 5) is 2.47. The van der Waals surface area contributed by atoms with Crippen molar-refractivity contribution in [2.45, 2.75) is 39.2 Å². The van der Waals surface area contributed by atoms with E-state index in [1.54, 1.807) is 0 Å². The zero-order chi connectivity index (χ0) is 7.78. The van der Waals surface area contributed by atoms with Gasteiger partial charge in [-0.05, 0) is 46.2 Å². The van der Waals surface area contributed by atoms with Gasteiger partial charge in [-0.1, -0.05) is 6.92 Å². The summed E-state index contributed by atoms with van der Waals surface area (Å²) in [7, 11) is 2.23. The maximum Gasteiger partial charge on any atom is 2.00 e. The molecule has 0 radical (unpaired) electrons. The molecule has 1 rings (SSSR count). The van der Waals surface area contributed by atoms with Crippen LogP contribution in [0.3, 0.4) is 0 Å². The third-order valence-electron chi connectivity index (χ3n) is 3.32. The molecule has 0 saturated carbocycles. The second-order valence-electron chi connectivity index (χ2n) is 4.12. The van der Waals surface area contributed by atoms with Crippen LogP contribution in [0.2, 0.25) is 0 Å². The van der Waals surface area contributed by atoms with Crippen molar-refractivity contribution in [3.63, 3.8) is 0 Å². The van der Waals surface area contributed by atoms with E-state index >= 15 is 0 Å². The molecule has 1 atom stereocenters. The fraction of sp³-hybridized carbons (Fsp3) is 1.00. The summed E-state index contributed by atoms with van der Waals surface area (Å²) in [6.07, 6.45) is 2.78. The Labute approximate surface area is 102 Å². The molecular formula is C9H22ClMgN. The SMILES string of the molecule is CC1CCCN(C)C1(C)C.Cl.[H-].[H-].[Mg+2]. The minimum atomic E-state index is 0. The van der Waals surface area contributed by atoms with Crippen LogP contribution in [-0.2, 0) is 0 Å². The summed E-state index contributed by atoms with van der Waals surface area (Å²) in [6.45, 7) is 8.32. The Bertz CT molecular complexity index is 124. The fourth-order valence-electron chi connectivity index (χ4n) is 1.65. The van der Waals surface area contributed by atoms with Gasteiger partial charge >= 0.3 is 23.1 Å². The van der Waals surface area contributed by atoms with E-state index in [4.69, 9.17) is 0 Å². The molecule has 3 heteroatoms. The first-order valence-electron chi connectivity index (χ1n) is 4.26. The summed E-state index contributed by atoms with van der Waals surface area (Å²) in [5, 5.41) is 0. The molecule has 0 amide bonds. The molecule has 0 aromatic heterocycles. The molecule has 1 saturated heterocycles. The monoisotopic (exact) mass is 203 g/mol. The van der Waals surface area contributed by atoms with Crippen LogP contribution in [0.15, 0.2) is 0 Å². The van der Waals surface area contributed by atoms with E-state index in [0.29, 0.717) is 5.54 Å². The maximum absolute atomic E-state index is 2.47. The Hall–Kier alpha value is 1.02. The Balaban J connectivity index is -0.000000125. The Kier molecular flexibility index (Phi) is 7.34. The molecule has 1 fully saturated rings. The van der Waals surface area contributed by atoms with Gasteiger partial charge in [-0.2, -0.15) is 0 Å². The minimum absolute atomic E-state index is 0. The third kappa shape index (κ3) is 3.06. The number of piperidine rings is 1. The molecule has 12 heavy (non-hydrogen) atoms. The molecule has 0 aromatic carbocycles. The molecule has 1 aliphatic heterocycles. The number of likely N-dealkylation sites (tertiary alicyclic amines) is 1. The average Bonchev–Trinajstić information content (AvgIpc) is 1.84. The molecule has 1 unspecified atom stereocenters. The van der Waals surface area contributed by atoms with Gasteiger partial charge in [0.15, 0.2) is 0 Å². The van der Waals surface area contributed by atoms with Crippen molar-refractivity contribution in [1.82, 2.24) is 4.90 Å². The normalized spacial score (nSPS) is 28.5. The second-order valence-corrected chi connectivity index (χ2v) is 4.12. The van der Waals surface area contributed by atoms with Crippen molar-refractivity contribution in [3.8, 4) is 0 Å². The van der Waals surface area contributed by atoms with Crippen LogP contribution in [0.5, 0.6) is 0 Å². The van der Waals surface area contributed by atoms with Gasteiger partial charge in [0.05, 0.1) is 0 Å². The van der Waals surface area contributed by atoms with Gasteiger partial charge in [0.2, 0.25) is 0 Å². The van der Waals surface area contributed by atoms with E-state index in [0.717, 1.165) is 5.92 Å². The number of halogens is 1.